The summed E-state index contributed by atoms with van der Waals surface area (Å²) in [5, 5.41) is 0. The van der Waals surface area contributed by atoms with Gasteiger partial charge in [-0.3, -0.25) is 9.59 Å². The van der Waals surface area contributed by atoms with Crippen LogP contribution in [0.2, 0.25) is 0 Å². The first kappa shape index (κ1) is 25.3. The molecule has 27 heavy (non-hydrogen) atoms. The number of allylic oxidation sites excluding steroid dienone is 4. The van der Waals surface area contributed by atoms with Gasteiger partial charge in [-0.1, -0.05) is 34.9 Å². The summed E-state index contributed by atoms with van der Waals surface area (Å²) in [5.41, 5.74) is 2.93. The van der Waals surface area contributed by atoms with E-state index in [1.807, 2.05) is 20.8 Å². The Hall–Kier alpha value is -1.69. The van der Waals surface area contributed by atoms with Gasteiger partial charge in [0.25, 0.3) is 0 Å². The van der Waals surface area contributed by atoms with Gasteiger partial charge in [0, 0.05) is 0 Å². The van der Waals surface area contributed by atoms with E-state index >= 15 is 0 Å². The Morgan fingerprint density at radius 3 is 2.11 bits per heavy atom. The van der Waals surface area contributed by atoms with Gasteiger partial charge < -0.3 is 4.74 Å². The Morgan fingerprint density at radius 2 is 1.59 bits per heavy atom. The first-order chi connectivity index (χ1) is 12.5. The van der Waals surface area contributed by atoms with Crippen molar-refractivity contribution in [2.75, 3.05) is 18.1 Å². The van der Waals surface area contributed by atoms with Gasteiger partial charge in [-0.2, -0.15) is 0 Å². The van der Waals surface area contributed by atoms with Crippen molar-refractivity contribution in [3.05, 3.63) is 34.9 Å². The fourth-order valence-corrected chi connectivity index (χ4v) is 3.88. The standard InChI is InChI=1S/C21H34O5S/c1-7-26-21(23)20(19(6)22)12-11-18(5)15-27(24,25)14-13-17(4)10-8-9-16(2)3/h9,11,13,20H,7-8,10,12,14-15H2,1-6H3/b17-13+,18-11?. The molecule has 0 aromatic carbocycles. The summed E-state index contributed by atoms with van der Waals surface area (Å²) >= 11 is 0. The zero-order valence-electron chi connectivity index (χ0n) is 17.5. The molecule has 0 rings (SSSR count). The maximum atomic E-state index is 12.3. The molecule has 0 aromatic rings. The fraction of sp³-hybridized carbons (Fsp3) is 0.619. The van der Waals surface area contributed by atoms with Crippen LogP contribution >= 0.6 is 0 Å². The Bertz CT molecular complexity index is 692. The molecule has 5 nitrogen and oxygen atoms in total. The highest BCUT2D eigenvalue weighted by atomic mass is 32.2. The molecule has 0 fully saturated rings. The van der Waals surface area contributed by atoms with E-state index in [0.717, 1.165) is 18.4 Å². The van der Waals surface area contributed by atoms with Crippen molar-refractivity contribution in [2.24, 2.45) is 5.92 Å². The number of Topliss-reactive ketones (excluding diaryl/α,β-unsaturated/α-hetero) is 1. The summed E-state index contributed by atoms with van der Waals surface area (Å²) in [7, 11) is -3.28. The minimum absolute atomic E-state index is 0.00710. The van der Waals surface area contributed by atoms with Crippen molar-refractivity contribution in [3.63, 3.8) is 0 Å². The van der Waals surface area contributed by atoms with E-state index in [9.17, 15) is 18.0 Å². The number of ketones is 1. The van der Waals surface area contributed by atoms with Crippen molar-refractivity contribution in [3.8, 4) is 0 Å². The monoisotopic (exact) mass is 398 g/mol. The quantitative estimate of drug-likeness (QED) is 0.280. The van der Waals surface area contributed by atoms with Crippen LogP contribution in [0, 0.1) is 5.92 Å². The summed E-state index contributed by atoms with van der Waals surface area (Å²) < 4.78 is 29.5. The molecule has 1 atom stereocenters. The third kappa shape index (κ3) is 12.3. The molecular formula is C21H34O5S. The van der Waals surface area contributed by atoms with Gasteiger partial charge in [-0.15, -0.1) is 0 Å². The highest BCUT2D eigenvalue weighted by molar-refractivity contribution is 7.91. The van der Waals surface area contributed by atoms with E-state index in [4.69, 9.17) is 4.74 Å². The Labute approximate surface area is 164 Å². The third-order valence-corrected chi connectivity index (χ3v) is 5.56. The number of hydrogen-bond donors (Lipinski definition) is 0. The number of hydrogen-bond acceptors (Lipinski definition) is 5. The highest BCUT2D eigenvalue weighted by Crippen LogP contribution is 2.13. The maximum Gasteiger partial charge on any atom is 0.316 e. The molecule has 154 valence electrons. The molecule has 0 aromatic heterocycles. The summed E-state index contributed by atoms with van der Waals surface area (Å²) in [6.45, 7) is 10.9. The molecule has 0 radical (unpaired) electrons. The van der Waals surface area contributed by atoms with Gasteiger partial charge in [-0.05, 0) is 60.8 Å². The van der Waals surface area contributed by atoms with E-state index in [1.165, 1.54) is 12.5 Å². The van der Waals surface area contributed by atoms with Gasteiger partial charge in [0.15, 0.2) is 9.84 Å². The van der Waals surface area contributed by atoms with Crippen LogP contribution in [0.3, 0.4) is 0 Å². The molecular weight excluding hydrogens is 364 g/mol. The second-order valence-corrected chi connectivity index (χ2v) is 9.24. The van der Waals surface area contributed by atoms with Gasteiger partial charge in [-0.25, -0.2) is 8.42 Å². The normalized spacial score (nSPS) is 13.9. The predicted molar refractivity (Wildman–Crippen MR) is 110 cm³/mol. The molecule has 1 unspecified atom stereocenters. The molecule has 0 saturated heterocycles. The smallest absolute Gasteiger partial charge is 0.316 e. The molecule has 0 N–H and O–H groups in total. The van der Waals surface area contributed by atoms with Crippen LogP contribution in [0.1, 0.15) is 60.8 Å². The van der Waals surface area contributed by atoms with E-state index in [-0.39, 0.29) is 30.3 Å². The molecule has 0 aliphatic heterocycles. The molecule has 6 heteroatoms. The fourth-order valence-electron chi connectivity index (χ4n) is 2.41. The topological polar surface area (TPSA) is 77.5 Å². The second kappa shape index (κ2) is 12.7. The number of carbonyl (C=O) groups excluding carboxylic acids is 2. The van der Waals surface area contributed by atoms with Crippen LogP contribution in [-0.2, 0) is 24.2 Å². The van der Waals surface area contributed by atoms with Crippen molar-refractivity contribution >= 4 is 21.6 Å². The van der Waals surface area contributed by atoms with Gasteiger partial charge >= 0.3 is 5.97 Å². The summed E-state index contributed by atoms with van der Waals surface area (Å²) in [4.78, 5) is 23.4. The number of sulfone groups is 1. The molecule has 0 aliphatic rings. The summed E-state index contributed by atoms with van der Waals surface area (Å²) in [6, 6.07) is 0. The number of carbonyl (C=O) groups is 2. The van der Waals surface area contributed by atoms with Crippen molar-refractivity contribution in [1.29, 1.82) is 0 Å². The van der Waals surface area contributed by atoms with E-state index in [1.54, 1.807) is 26.0 Å². The van der Waals surface area contributed by atoms with E-state index in [0.29, 0.717) is 5.57 Å². The second-order valence-electron chi connectivity index (χ2n) is 7.13. The van der Waals surface area contributed by atoms with Crippen LogP contribution in [0.25, 0.3) is 0 Å². The van der Waals surface area contributed by atoms with Crippen LogP contribution in [0.5, 0.6) is 0 Å². The van der Waals surface area contributed by atoms with Crippen LogP contribution in [0.4, 0.5) is 0 Å². The average Bonchev–Trinajstić information content (AvgIpc) is 2.52. The lowest BCUT2D eigenvalue weighted by Crippen LogP contribution is -2.24. The lowest BCUT2D eigenvalue weighted by atomic mass is 10.00. The molecule has 0 saturated carbocycles. The minimum atomic E-state index is -3.28. The lowest BCUT2D eigenvalue weighted by Gasteiger charge is -2.11. The molecule has 0 spiro atoms. The molecule has 0 amide bonds. The van der Waals surface area contributed by atoms with Crippen LogP contribution < -0.4 is 0 Å². The zero-order valence-corrected chi connectivity index (χ0v) is 18.3. The van der Waals surface area contributed by atoms with Crippen LogP contribution in [0.15, 0.2) is 34.9 Å². The average molecular weight is 399 g/mol. The van der Waals surface area contributed by atoms with Crippen molar-refractivity contribution in [1.82, 2.24) is 0 Å². The minimum Gasteiger partial charge on any atom is -0.465 e. The lowest BCUT2D eigenvalue weighted by molar-refractivity contribution is -0.150. The zero-order chi connectivity index (χ0) is 21.0. The highest BCUT2D eigenvalue weighted by Gasteiger charge is 2.23. The maximum absolute atomic E-state index is 12.3. The largest absolute Gasteiger partial charge is 0.465 e. The SMILES string of the molecule is CCOC(=O)C(CC=C(C)CS(=O)(=O)C/C=C(\C)CCC=C(C)C)C(C)=O. The molecule has 0 bridgehead atoms. The van der Waals surface area contributed by atoms with Crippen LogP contribution in [-0.4, -0.2) is 38.3 Å². The number of esters is 1. The number of rotatable bonds is 12. The summed E-state index contributed by atoms with van der Waals surface area (Å²) in [5.74, 6) is -1.81. The van der Waals surface area contributed by atoms with E-state index < -0.39 is 21.7 Å². The Balaban J connectivity index is 4.78. The van der Waals surface area contributed by atoms with E-state index in [2.05, 4.69) is 6.08 Å². The van der Waals surface area contributed by atoms with Crippen molar-refractivity contribution < 1.29 is 22.7 Å². The van der Waals surface area contributed by atoms with Gasteiger partial charge in [0.2, 0.25) is 0 Å². The predicted octanol–water partition coefficient (Wildman–Crippen LogP) is 4.20. The van der Waals surface area contributed by atoms with Crippen molar-refractivity contribution in [2.45, 2.75) is 60.8 Å². The molecule has 0 heterocycles. The summed E-state index contributed by atoms with van der Waals surface area (Å²) in [6.07, 6.45) is 7.45. The van der Waals surface area contributed by atoms with Gasteiger partial charge in [0.05, 0.1) is 18.1 Å². The first-order valence-electron chi connectivity index (χ1n) is 9.30. The Morgan fingerprint density at radius 1 is 0.963 bits per heavy atom. The number of ether oxygens (including phenoxy) is 1. The Kier molecular flexibility index (Phi) is 11.9. The first-order valence-corrected chi connectivity index (χ1v) is 11.1. The van der Waals surface area contributed by atoms with Gasteiger partial charge in [0.1, 0.15) is 11.7 Å². The third-order valence-electron chi connectivity index (χ3n) is 3.99. The molecule has 0 aliphatic carbocycles.